The molecule has 0 spiro atoms. The van der Waals surface area contributed by atoms with E-state index >= 15 is 0 Å². The molecule has 13 nitrogen and oxygen atoms in total. The van der Waals surface area contributed by atoms with Crippen LogP contribution in [0.4, 0.5) is 24.8 Å². The molecule has 58 heavy (non-hydrogen) atoms. The number of aryl methyl sites for hydroxylation is 3. The van der Waals surface area contributed by atoms with Crippen molar-refractivity contribution in [1.29, 1.82) is 0 Å². The van der Waals surface area contributed by atoms with Crippen molar-refractivity contribution in [1.82, 2.24) is 29.5 Å². The molecule has 6 rings (SSSR count). The molecule has 1 saturated heterocycles. The van der Waals surface area contributed by atoms with E-state index in [1.807, 2.05) is 35.8 Å². The first kappa shape index (κ1) is 42.7. The summed E-state index contributed by atoms with van der Waals surface area (Å²) in [5.41, 5.74) is 10.7. The first-order valence-corrected chi connectivity index (χ1v) is 20.1. The molecular formula is C42H54F3N9O4. The molecule has 1 aliphatic rings. The molecule has 0 radical (unpaired) electrons. The van der Waals surface area contributed by atoms with Crippen LogP contribution in [0.1, 0.15) is 85.8 Å². The van der Waals surface area contributed by atoms with E-state index in [4.69, 9.17) is 24.9 Å². The van der Waals surface area contributed by atoms with Crippen molar-refractivity contribution in [3.05, 3.63) is 88.8 Å². The number of nitrogens with two attached hydrogens (primary N) is 1. The minimum atomic E-state index is -4.58. The van der Waals surface area contributed by atoms with Crippen molar-refractivity contribution in [3.63, 3.8) is 0 Å². The summed E-state index contributed by atoms with van der Waals surface area (Å²) in [6.07, 6.45) is 6.29. The average Bonchev–Trinajstić information content (AvgIpc) is 3.64. The third-order valence-corrected chi connectivity index (χ3v) is 10.2. The Morgan fingerprint density at radius 3 is 2.52 bits per heavy atom. The fourth-order valence-electron chi connectivity index (χ4n) is 7.09. The summed E-state index contributed by atoms with van der Waals surface area (Å²) >= 11 is 0. The van der Waals surface area contributed by atoms with Crippen LogP contribution in [0, 0.1) is 6.92 Å². The molecule has 0 saturated carbocycles. The quantitative estimate of drug-likeness (QED) is 0.0701. The first-order valence-electron chi connectivity index (χ1n) is 20.1. The number of ether oxygens (including phenoxy) is 3. The van der Waals surface area contributed by atoms with Crippen molar-refractivity contribution < 1.29 is 32.5 Å². The zero-order valence-electron chi connectivity index (χ0n) is 33.5. The predicted octanol–water partition coefficient (Wildman–Crippen LogP) is 6.89. The number of piperidine rings is 1. The van der Waals surface area contributed by atoms with E-state index < -0.39 is 11.9 Å². The summed E-state index contributed by atoms with van der Waals surface area (Å²) < 4.78 is 60.1. The lowest BCUT2D eigenvalue weighted by molar-refractivity contribution is -0.141. The van der Waals surface area contributed by atoms with E-state index in [2.05, 4.69) is 37.2 Å². The van der Waals surface area contributed by atoms with Crippen molar-refractivity contribution in [3.8, 4) is 17.0 Å². The van der Waals surface area contributed by atoms with Gasteiger partial charge in [-0.3, -0.25) is 4.98 Å². The number of alkyl halides is 3. The molecule has 1 aliphatic heterocycles. The van der Waals surface area contributed by atoms with Gasteiger partial charge in [0.15, 0.2) is 5.65 Å². The summed E-state index contributed by atoms with van der Waals surface area (Å²) in [5.74, 6) is 2.22. The Balaban J connectivity index is 0.910. The number of aliphatic hydroxyl groups is 1. The fourth-order valence-corrected chi connectivity index (χ4v) is 7.09. The van der Waals surface area contributed by atoms with E-state index in [0.29, 0.717) is 80.8 Å². The van der Waals surface area contributed by atoms with Crippen LogP contribution in [0.3, 0.4) is 0 Å². The number of anilines is 2. The average molecular weight is 806 g/mol. The Bertz CT molecular complexity index is 2080. The highest BCUT2D eigenvalue weighted by Crippen LogP contribution is 2.33. The van der Waals surface area contributed by atoms with Crippen LogP contribution in [-0.2, 0) is 35.0 Å². The lowest BCUT2D eigenvalue weighted by Gasteiger charge is -2.36. The van der Waals surface area contributed by atoms with Gasteiger partial charge >= 0.3 is 6.18 Å². The van der Waals surface area contributed by atoms with Crippen molar-refractivity contribution in [2.75, 3.05) is 56.4 Å². The number of fused-ring (bicyclic) bond motifs is 1. The molecule has 0 unspecified atom stereocenters. The van der Waals surface area contributed by atoms with Crippen molar-refractivity contribution >= 4 is 17.3 Å². The Labute approximate surface area is 337 Å². The van der Waals surface area contributed by atoms with Gasteiger partial charge in [-0.25, -0.2) is 15.0 Å². The van der Waals surface area contributed by atoms with Gasteiger partial charge in [-0.1, -0.05) is 13.0 Å². The molecule has 16 heteroatoms. The highest BCUT2D eigenvalue weighted by atomic mass is 19.4. The Morgan fingerprint density at radius 2 is 1.79 bits per heavy atom. The SMILES string of the molecule is CCc1cnn2c(NCc3ccc(OCCOCCOCCCc4cc(-c5cnc([C@H](C)N)cc5C)cc(C(F)(F)F)n4)nc3)cc(N3CCCC[C@H]3CCO)nc12. The van der Waals surface area contributed by atoms with Crippen molar-refractivity contribution in [2.45, 2.75) is 90.5 Å². The number of pyridine rings is 3. The third-order valence-electron chi connectivity index (χ3n) is 10.2. The van der Waals surface area contributed by atoms with Crippen molar-refractivity contribution in [2.24, 2.45) is 5.73 Å². The van der Waals surface area contributed by atoms with Gasteiger partial charge in [-0.15, -0.1) is 0 Å². The zero-order chi connectivity index (χ0) is 41.1. The van der Waals surface area contributed by atoms with Crippen LogP contribution >= 0.6 is 0 Å². The minimum absolute atomic E-state index is 0.154. The van der Waals surface area contributed by atoms with Gasteiger partial charge in [0.1, 0.15) is 23.9 Å². The lowest BCUT2D eigenvalue weighted by atomic mass is 9.99. The normalized spacial score (nSPS) is 15.2. The highest BCUT2D eigenvalue weighted by molar-refractivity contribution is 5.67. The van der Waals surface area contributed by atoms with E-state index in [1.165, 1.54) is 0 Å². The van der Waals surface area contributed by atoms with Gasteiger partial charge < -0.3 is 35.3 Å². The standard InChI is InChI=1S/C42H54F3N9O4/c1-4-31-26-50-54-38(23-39(52-41(31)54)53-13-6-5-9-34(53)12-14-55)48-24-30-10-11-40(49-25-30)58-19-18-57-17-16-56-15-7-8-33-21-32(22-37(51-33)42(43,44)45)35-27-47-36(29(3)46)20-28(35)2/h10-11,20-23,25-27,29,34,48,55H,4-9,12-19,24,46H2,1-3H3/t29-,34-/m0/s1. The smallest absolute Gasteiger partial charge is 0.433 e. The third kappa shape index (κ3) is 11.2. The number of hydrogen-bond donors (Lipinski definition) is 3. The molecule has 312 valence electrons. The molecule has 0 aliphatic carbocycles. The summed E-state index contributed by atoms with van der Waals surface area (Å²) in [4.78, 5) is 20.0. The minimum Gasteiger partial charge on any atom is -0.475 e. The van der Waals surface area contributed by atoms with E-state index in [-0.39, 0.29) is 18.7 Å². The molecule has 0 bridgehead atoms. The van der Waals surface area contributed by atoms with Gasteiger partial charge in [-0.05, 0) is 93.7 Å². The van der Waals surface area contributed by atoms with Gasteiger partial charge in [0.05, 0.1) is 31.7 Å². The predicted molar refractivity (Wildman–Crippen MR) is 216 cm³/mol. The molecule has 1 fully saturated rings. The topological polar surface area (TPSA) is 158 Å². The van der Waals surface area contributed by atoms with Gasteiger partial charge in [0.2, 0.25) is 5.88 Å². The molecule has 0 amide bonds. The Hall–Kier alpha value is -4.90. The van der Waals surface area contributed by atoms with Crippen LogP contribution in [0.5, 0.6) is 5.88 Å². The largest absolute Gasteiger partial charge is 0.475 e. The fraction of sp³-hybridized carbons (Fsp3) is 0.500. The van der Waals surface area contributed by atoms with E-state index in [1.54, 1.807) is 31.5 Å². The molecule has 5 aromatic rings. The van der Waals surface area contributed by atoms with Crippen LogP contribution in [0.25, 0.3) is 16.8 Å². The van der Waals surface area contributed by atoms with Crippen LogP contribution in [0.2, 0.25) is 0 Å². The maximum Gasteiger partial charge on any atom is 0.433 e. The summed E-state index contributed by atoms with van der Waals surface area (Å²) in [7, 11) is 0. The van der Waals surface area contributed by atoms with E-state index in [0.717, 1.165) is 78.7 Å². The summed E-state index contributed by atoms with van der Waals surface area (Å²) in [5, 5.41) is 17.8. The highest BCUT2D eigenvalue weighted by Gasteiger charge is 2.33. The second kappa shape index (κ2) is 20.2. The number of halogens is 3. The first-order chi connectivity index (χ1) is 28.0. The summed E-state index contributed by atoms with van der Waals surface area (Å²) in [6, 6.07) is 10.3. The number of nitrogens with zero attached hydrogens (tertiary/aromatic N) is 7. The van der Waals surface area contributed by atoms with E-state index in [9.17, 15) is 18.3 Å². The maximum atomic E-state index is 13.7. The molecule has 6 heterocycles. The second-order valence-corrected chi connectivity index (χ2v) is 14.6. The van der Waals surface area contributed by atoms with Gasteiger partial charge in [-0.2, -0.15) is 22.8 Å². The molecule has 5 aromatic heterocycles. The van der Waals surface area contributed by atoms with Gasteiger partial charge in [0.25, 0.3) is 0 Å². The van der Waals surface area contributed by atoms with Gasteiger partial charge in [0, 0.05) is 79.7 Å². The number of aliphatic hydroxyl groups excluding tert-OH is 1. The Kier molecular flexibility index (Phi) is 14.9. The molecular weight excluding hydrogens is 752 g/mol. The lowest BCUT2D eigenvalue weighted by Crippen LogP contribution is -2.40. The van der Waals surface area contributed by atoms with Crippen LogP contribution in [-0.4, -0.2) is 86.9 Å². The number of aromatic nitrogens is 6. The zero-order valence-corrected chi connectivity index (χ0v) is 33.5. The summed E-state index contributed by atoms with van der Waals surface area (Å²) in [6.45, 7) is 9.00. The molecule has 0 aromatic carbocycles. The van der Waals surface area contributed by atoms with Crippen LogP contribution < -0.4 is 20.7 Å². The maximum absolute atomic E-state index is 13.7. The second-order valence-electron chi connectivity index (χ2n) is 14.6. The molecule has 2 atom stereocenters. The number of rotatable bonds is 20. The van der Waals surface area contributed by atoms with Crippen LogP contribution in [0.15, 0.2) is 55.0 Å². The monoisotopic (exact) mass is 805 g/mol. The Morgan fingerprint density at radius 1 is 0.983 bits per heavy atom. The number of hydrogen-bond acceptors (Lipinski definition) is 12. The number of nitrogens with one attached hydrogen (secondary N) is 1. The molecule has 4 N–H and O–H groups in total.